The quantitative estimate of drug-likeness (QED) is 0.206. The van der Waals surface area contributed by atoms with Crippen LogP contribution in [0.5, 0.6) is 0 Å². The highest BCUT2D eigenvalue weighted by Gasteiger charge is 2.29. The summed E-state index contributed by atoms with van der Waals surface area (Å²) in [5.74, 6) is 0. The fraction of sp³-hybridized carbons (Fsp3) is 0.760. The zero-order valence-electron chi connectivity index (χ0n) is 18.3. The number of rotatable bonds is 15. The molecular formula is C25H41F3O. The first kappa shape index (κ1) is 26.0. The second kappa shape index (κ2) is 16.7. The van der Waals surface area contributed by atoms with Crippen molar-refractivity contribution >= 4 is 0 Å². The molecule has 2 rings (SSSR count). The summed E-state index contributed by atoms with van der Waals surface area (Å²) in [5, 5.41) is 0. The first-order chi connectivity index (χ1) is 14.0. The predicted molar refractivity (Wildman–Crippen MR) is 116 cm³/mol. The van der Waals surface area contributed by atoms with Crippen LogP contribution >= 0.6 is 0 Å². The molecule has 168 valence electrons. The van der Waals surface area contributed by atoms with E-state index in [2.05, 4.69) is 6.92 Å². The lowest BCUT2D eigenvalue weighted by atomic mass is 10.0. The first-order valence-corrected chi connectivity index (χ1v) is 11.8. The zero-order valence-corrected chi connectivity index (χ0v) is 18.3. The fourth-order valence-electron chi connectivity index (χ4n) is 3.43. The minimum atomic E-state index is -4.21. The lowest BCUT2D eigenvalue weighted by Gasteiger charge is -2.03. The molecule has 0 aromatic heterocycles. The fourth-order valence-corrected chi connectivity index (χ4v) is 3.43. The largest absolute Gasteiger partial charge is 0.416 e. The maximum Gasteiger partial charge on any atom is 0.416 e. The van der Waals surface area contributed by atoms with Crippen LogP contribution in [0.1, 0.15) is 109 Å². The van der Waals surface area contributed by atoms with Crippen molar-refractivity contribution in [2.75, 3.05) is 6.61 Å². The third kappa shape index (κ3) is 16.5. The van der Waals surface area contributed by atoms with Crippen molar-refractivity contribution in [3.8, 4) is 0 Å². The van der Waals surface area contributed by atoms with E-state index in [1.807, 2.05) is 0 Å². The van der Waals surface area contributed by atoms with Crippen LogP contribution in [0.3, 0.4) is 0 Å². The molecule has 1 nitrogen and oxygen atoms in total. The van der Waals surface area contributed by atoms with Gasteiger partial charge in [-0.25, -0.2) is 0 Å². The van der Waals surface area contributed by atoms with Gasteiger partial charge >= 0.3 is 6.18 Å². The first-order valence-electron chi connectivity index (χ1n) is 11.8. The second-order valence-corrected chi connectivity index (χ2v) is 8.20. The van der Waals surface area contributed by atoms with Gasteiger partial charge < -0.3 is 4.74 Å². The van der Waals surface area contributed by atoms with Crippen LogP contribution in [-0.4, -0.2) is 12.7 Å². The molecule has 0 aliphatic carbocycles. The van der Waals surface area contributed by atoms with E-state index in [1.165, 1.54) is 108 Å². The van der Waals surface area contributed by atoms with E-state index in [4.69, 9.17) is 4.74 Å². The summed E-state index contributed by atoms with van der Waals surface area (Å²) in [5.41, 5.74) is -0.602. The number of hydrogen-bond acceptors (Lipinski definition) is 1. The Morgan fingerprint density at radius 3 is 1.48 bits per heavy atom. The highest BCUT2D eigenvalue weighted by atomic mass is 19.4. The Morgan fingerprint density at radius 2 is 1.14 bits per heavy atom. The summed E-state index contributed by atoms with van der Waals surface area (Å²) in [6, 6.07) is 6.36. The SMILES string of the molecule is CCCCCCCCCCCCCCCCC1CO1.FC(F)(F)c1ccccc1. The normalized spacial score (nSPS) is 15.7. The molecule has 1 aromatic carbocycles. The molecule has 1 unspecified atom stereocenters. The number of ether oxygens (including phenoxy) is 1. The van der Waals surface area contributed by atoms with E-state index >= 15 is 0 Å². The van der Waals surface area contributed by atoms with Gasteiger partial charge in [-0.3, -0.25) is 0 Å². The zero-order chi connectivity index (χ0) is 21.2. The molecule has 1 aliphatic heterocycles. The lowest BCUT2D eigenvalue weighted by molar-refractivity contribution is -0.137. The molecule has 0 radical (unpaired) electrons. The molecule has 1 heterocycles. The minimum absolute atomic E-state index is 0.602. The van der Waals surface area contributed by atoms with Crippen molar-refractivity contribution in [3.05, 3.63) is 35.9 Å². The number of benzene rings is 1. The molecule has 1 saturated heterocycles. The Hall–Kier alpha value is -1.03. The van der Waals surface area contributed by atoms with Crippen LogP contribution in [0, 0.1) is 0 Å². The van der Waals surface area contributed by atoms with Gasteiger partial charge in [-0.2, -0.15) is 13.2 Å². The summed E-state index contributed by atoms with van der Waals surface area (Å²) in [4.78, 5) is 0. The Morgan fingerprint density at radius 1 is 0.724 bits per heavy atom. The number of alkyl halides is 3. The third-order valence-corrected chi connectivity index (χ3v) is 5.38. The summed E-state index contributed by atoms with van der Waals surface area (Å²) in [6.45, 7) is 3.33. The highest BCUT2D eigenvalue weighted by Crippen LogP contribution is 2.28. The number of unbranched alkanes of at least 4 members (excludes halogenated alkanes) is 13. The molecule has 4 heteroatoms. The van der Waals surface area contributed by atoms with E-state index in [0.29, 0.717) is 6.10 Å². The van der Waals surface area contributed by atoms with Gasteiger partial charge in [0.25, 0.3) is 0 Å². The number of hydrogen-bond donors (Lipinski definition) is 0. The van der Waals surface area contributed by atoms with Crippen molar-refractivity contribution in [2.24, 2.45) is 0 Å². The van der Waals surface area contributed by atoms with Crippen LogP contribution in [0.15, 0.2) is 30.3 Å². The average Bonchev–Trinajstić information content (AvgIpc) is 3.53. The second-order valence-electron chi connectivity index (χ2n) is 8.20. The number of halogens is 3. The van der Waals surface area contributed by atoms with E-state index in [0.717, 1.165) is 18.7 Å². The Kier molecular flexibility index (Phi) is 15.0. The van der Waals surface area contributed by atoms with Crippen LogP contribution in [0.2, 0.25) is 0 Å². The monoisotopic (exact) mass is 414 g/mol. The minimum Gasteiger partial charge on any atom is -0.373 e. The van der Waals surface area contributed by atoms with E-state index in [9.17, 15) is 13.2 Å². The Bertz CT molecular complexity index is 469. The molecule has 1 aromatic rings. The molecular weight excluding hydrogens is 373 g/mol. The molecule has 0 N–H and O–H groups in total. The van der Waals surface area contributed by atoms with Gasteiger partial charge in [-0.05, 0) is 6.42 Å². The van der Waals surface area contributed by atoms with Crippen molar-refractivity contribution < 1.29 is 17.9 Å². The molecule has 0 amide bonds. The topological polar surface area (TPSA) is 12.5 Å². The number of epoxide rings is 1. The standard InChI is InChI=1S/C18H36O.C7H5F3/c1-2-3-4-5-6-7-8-9-10-11-12-13-14-15-16-18-17-19-18;8-7(9,10)6-4-2-1-3-5-6/h18H,2-17H2,1H3;1-5H. The van der Waals surface area contributed by atoms with Gasteiger partial charge in [-0.15, -0.1) is 0 Å². The van der Waals surface area contributed by atoms with Gasteiger partial charge in [-0.1, -0.05) is 127 Å². The molecule has 1 atom stereocenters. The molecule has 0 bridgehead atoms. The van der Waals surface area contributed by atoms with Gasteiger partial charge in [0, 0.05) is 0 Å². The third-order valence-electron chi connectivity index (χ3n) is 5.38. The van der Waals surface area contributed by atoms with E-state index in [1.54, 1.807) is 6.07 Å². The molecule has 0 spiro atoms. The van der Waals surface area contributed by atoms with Crippen LogP contribution < -0.4 is 0 Å². The maximum absolute atomic E-state index is 11.8. The molecule has 0 saturated carbocycles. The average molecular weight is 415 g/mol. The van der Waals surface area contributed by atoms with Crippen molar-refractivity contribution in [1.29, 1.82) is 0 Å². The van der Waals surface area contributed by atoms with Crippen LogP contribution in [-0.2, 0) is 10.9 Å². The summed E-state index contributed by atoms with van der Waals surface area (Å²) < 4.78 is 40.6. The Balaban J connectivity index is 0.000000352. The van der Waals surface area contributed by atoms with Gasteiger partial charge in [0.2, 0.25) is 0 Å². The van der Waals surface area contributed by atoms with Crippen LogP contribution in [0.25, 0.3) is 0 Å². The van der Waals surface area contributed by atoms with Crippen molar-refractivity contribution in [3.63, 3.8) is 0 Å². The van der Waals surface area contributed by atoms with E-state index in [-0.39, 0.29) is 0 Å². The Labute approximate surface area is 176 Å². The highest BCUT2D eigenvalue weighted by molar-refractivity contribution is 5.17. The van der Waals surface area contributed by atoms with Gasteiger partial charge in [0.15, 0.2) is 0 Å². The summed E-state index contributed by atoms with van der Waals surface area (Å²) >= 11 is 0. The van der Waals surface area contributed by atoms with Crippen LogP contribution in [0.4, 0.5) is 13.2 Å². The molecule has 1 fully saturated rings. The smallest absolute Gasteiger partial charge is 0.373 e. The van der Waals surface area contributed by atoms with Gasteiger partial charge in [0.05, 0.1) is 18.3 Å². The predicted octanol–water partition coefficient (Wildman–Crippen LogP) is 8.96. The molecule has 29 heavy (non-hydrogen) atoms. The maximum atomic E-state index is 11.8. The lowest BCUT2D eigenvalue weighted by Crippen LogP contribution is -2.03. The van der Waals surface area contributed by atoms with Crippen molar-refractivity contribution in [1.82, 2.24) is 0 Å². The van der Waals surface area contributed by atoms with Crippen molar-refractivity contribution in [2.45, 2.75) is 116 Å². The summed E-state index contributed by atoms with van der Waals surface area (Å²) in [7, 11) is 0. The van der Waals surface area contributed by atoms with E-state index < -0.39 is 11.7 Å². The van der Waals surface area contributed by atoms with Gasteiger partial charge in [0.1, 0.15) is 0 Å². The molecule has 1 aliphatic rings. The summed E-state index contributed by atoms with van der Waals surface area (Å²) in [6.07, 6.45) is 18.1.